The Balaban J connectivity index is 1.25. The molecule has 0 radical (unpaired) electrons. The molecule has 7 atom stereocenters. The summed E-state index contributed by atoms with van der Waals surface area (Å²) >= 11 is 0. The molecule has 2 spiro atoms. The quantitative estimate of drug-likeness (QED) is 0.445. The van der Waals surface area contributed by atoms with Crippen LogP contribution in [0.25, 0.3) is 0 Å². The fraction of sp³-hybridized carbons (Fsp3) is 0.719. The molecule has 0 N–H and O–H groups in total. The summed E-state index contributed by atoms with van der Waals surface area (Å²) < 4.78 is 7.47. The van der Waals surface area contributed by atoms with E-state index < -0.39 is 0 Å². The summed E-state index contributed by atoms with van der Waals surface area (Å²) in [6, 6.07) is 2.23. The van der Waals surface area contributed by atoms with Gasteiger partial charge in [0.2, 0.25) is 0 Å². The van der Waals surface area contributed by atoms with Crippen molar-refractivity contribution in [3.05, 3.63) is 52.9 Å². The summed E-state index contributed by atoms with van der Waals surface area (Å²) in [5.74, 6) is 3.81. The van der Waals surface area contributed by atoms with Crippen molar-refractivity contribution in [1.82, 2.24) is 4.98 Å². The Labute approximate surface area is 207 Å². The van der Waals surface area contributed by atoms with Gasteiger partial charge in [0.1, 0.15) is 0 Å². The number of fused-ring (bicyclic) bond motifs is 1. The molecule has 0 aromatic carbocycles. The first-order valence-corrected chi connectivity index (χ1v) is 14.3. The standard InChI is InChI=1S/C32H45NO/c1-21(2)25-8-9-26-18-27-12-14-30(5)28(22(3)6-7-24-13-17-33-20-23(24)4)10-11-29(30)32(27)16-15-31(26,19-25)34-32/h9,13,17-18,20-22,25,28-29H,6-8,10-12,14-16,19H2,1-5H3. The van der Waals surface area contributed by atoms with E-state index in [1.165, 1.54) is 75.3 Å². The van der Waals surface area contributed by atoms with Crippen molar-refractivity contribution in [2.45, 2.75) is 110 Å². The lowest BCUT2D eigenvalue weighted by Gasteiger charge is -2.56. The summed E-state index contributed by atoms with van der Waals surface area (Å²) in [7, 11) is 0. The van der Waals surface area contributed by atoms with Gasteiger partial charge in [-0.25, -0.2) is 0 Å². The molecule has 6 rings (SSSR count). The number of nitrogens with zero attached hydrogens (tertiary/aromatic N) is 1. The fourth-order valence-corrected chi connectivity index (χ4v) is 9.36. The van der Waals surface area contributed by atoms with E-state index in [1.54, 1.807) is 11.1 Å². The zero-order valence-electron chi connectivity index (χ0n) is 22.2. The van der Waals surface area contributed by atoms with Gasteiger partial charge in [-0.05, 0) is 134 Å². The highest BCUT2D eigenvalue weighted by molar-refractivity contribution is 5.46. The number of hydrogen-bond donors (Lipinski definition) is 0. The SMILES string of the molecule is Cc1cnccc1CCC(C)C1CCC2C34CCC5(CC(C(C)C)CC=C5C=C3CCC12C)O4. The molecule has 2 aliphatic heterocycles. The number of rotatable bonds is 5. The molecule has 2 saturated carbocycles. The van der Waals surface area contributed by atoms with Gasteiger partial charge in [-0.3, -0.25) is 4.98 Å². The van der Waals surface area contributed by atoms with E-state index >= 15 is 0 Å². The predicted molar refractivity (Wildman–Crippen MR) is 140 cm³/mol. The maximum atomic E-state index is 7.47. The molecule has 1 saturated heterocycles. The number of hydrogen-bond acceptors (Lipinski definition) is 2. The van der Waals surface area contributed by atoms with Crippen molar-refractivity contribution in [2.75, 3.05) is 0 Å². The van der Waals surface area contributed by atoms with Gasteiger partial charge in [0.15, 0.2) is 0 Å². The highest BCUT2D eigenvalue weighted by atomic mass is 16.5. The van der Waals surface area contributed by atoms with Crippen molar-refractivity contribution in [1.29, 1.82) is 0 Å². The molecule has 3 fully saturated rings. The number of pyridine rings is 1. The van der Waals surface area contributed by atoms with Crippen LogP contribution in [0.15, 0.2) is 41.8 Å². The third-order valence-corrected chi connectivity index (χ3v) is 11.5. The van der Waals surface area contributed by atoms with E-state index in [9.17, 15) is 0 Å². The van der Waals surface area contributed by atoms with Crippen LogP contribution in [0.2, 0.25) is 0 Å². The van der Waals surface area contributed by atoms with Gasteiger partial charge in [-0.2, -0.15) is 0 Å². The van der Waals surface area contributed by atoms with Crippen molar-refractivity contribution in [3.8, 4) is 0 Å². The van der Waals surface area contributed by atoms with Gasteiger partial charge in [0.05, 0.1) is 11.2 Å². The van der Waals surface area contributed by atoms with Crippen LogP contribution >= 0.6 is 0 Å². The van der Waals surface area contributed by atoms with Gasteiger partial charge < -0.3 is 4.74 Å². The largest absolute Gasteiger partial charge is 0.359 e. The fourth-order valence-electron chi connectivity index (χ4n) is 9.36. The minimum atomic E-state index is 0.0253. The molecule has 7 unspecified atom stereocenters. The molecule has 3 heterocycles. The predicted octanol–water partition coefficient (Wildman–Crippen LogP) is 8.01. The van der Waals surface area contributed by atoms with Crippen LogP contribution in [0.1, 0.15) is 96.6 Å². The molecule has 5 aliphatic rings. The maximum Gasteiger partial charge on any atom is 0.0944 e. The normalized spacial score (nSPS) is 41.4. The Morgan fingerprint density at radius 3 is 2.79 bits per heavy atom. The molecular weight excluding hydrogens is 414 g/mol. The lowest BCUT2D eigenvalue weighted by atomic mass is 9.55. The Kier molecular flexibility index (Phi) is 5.45. The second-order valence-corrected chi connectivity index (χ2v) is 13.3. The highest BCUT2D eigenvalue weighted by Crippen LogP contribution is 2.69. The van der Waals surface area contributed by atoms with Crippen LogP contribution < -0.4 is 0 Å². The second-order valence-electron chi connectivity index (χ2n) is 13.3. The van der Waals surface area contributed by atoms with Crippen molar-refractivity contribution in [2.24, 2.45) is 35.0 Å². The molecule has 1 aromatic heterocycles. The molecule has 2 bridgehead atoms. The molecule has 2 nitrogen and oxygen atoms in total. The Morgan fingerprint density at radius 2 is 2.00 bits per heavy atom. The molecule has 2 heteroatoms. The smallest absolute Gasteiger partial charge is 0.0944 e. The first-order chi connectivity index (χ1) is 16.3. The molecule has 34 heavy (non-hydrogen) atoms. The molecule has 0 amide bonds. The minimum absolute atomic E-state index is 0.0253. The summed E-state index contributed by atoms with van der Waals surface area (Å²) in [6.45, 7) is 12.2. The van der Waals surface area contributed by atoms with Gasteiger partial charge in [0.25, 0.3) is 0 Å². The molecule has 3 aliphatic carbocycles. The average Bonchev–Trinajstić information content (AvgIpc) is 3.33. The van der Waals surface area contributed by atoms with Crippen LogP contribution in [-0.2, 0) is 11.2 Å². The van der Waals surface area contributed by atoms with Crippen molar-refractivity contribution in [3.63, 3.8) is 0 Å². The first-order valence-electron chi connectivity index (χ1n) is 14.3. The summed E-state index contributed by atoms with van der Waals surface area (Å²) in [5, 5.41) is 0. The lowest BCUT2D eigenvalue weighted by Crippen LogP contribution is -2.55. The molecule has 184 valence electrons. The lowest BCUT2D eigenvalue weighted by molar-refractivity contribution is -0.150. The summed E-state index contributed by atoms with van der Waals surface area (Å²) in [4.78, 5) is 4.29. The number of allylic oxidation sites excluding steroid dienone is 1. The third-order valence-electron chi connectivity index (χ3n) is 11.5. The van der Waals surface area contributed by atoms with E-state index in [0.29, 0.717) is 11.3 Å². The van der Waals surface area contributed by atoms with Crippen LogP contribution in [0, 0.1) is 41.9 Å². The Bertz CT molecular complexity index is 1020. The number of aromatic nitrogens is 1. The van der Waals surface area contributed by atoms with E-state index in [2.05, 4.69) is 57.8 Å². The summed E-state index contributed by atoms with van der Waals surface area (Å²) in [6.07, 6.45) is 22.0. The molecular formula is C32H45NO. The molecule has 1 aromatic rings. The van der Waals surface area contributed by atoms with E-state index in [4.69, 9.17) is 4.74 Å². The maximum absolute atomic E-state index is 7.47. The van der Waals surface area contributed by atoms with Crippen molar-refractivity contribution < 1.29 is 4.74 Å². The monoisotopic (exact) mass is 459 g/mol. The van der Waals surface area contributed by atoms with Crippen LogP contribution in [0.5, 0.6) is 0 Å². The highest BCUT2D eigenvalue weighted by Gasteiger charge is 2.67. The third kappa shape index (κ3) is 3.26. The van der Waals surface area contributed by atoms with Crippen LogP contribution in [0.4, 0.5) is 0 Å². The topological polar surface area (TPSA) is 22.1 Å². The van der Waals surface area contributed by atoms with Gasteiger partial charge in [-0.1, -0.05) is 39.8 Å². The average molecular weight is 460 g/mol. The van der Waals surface area contributed by atoms with Gasteiger partial charge in [0, 0.05) is 12.4 Å². The zero-order chi connectivity index (χ0) is 23.7. The van der Waals surface area contributed by atoms with E-state index in [1.807, 2.05) is 12.4 Å². The van der Waals surface area contributed by atoms with E-state index in [0.717, 1.165) is 23.7 Å². The number of ether oxygens (including phenoxy) is 1. The van der Waals surface area contributed by atoms with Gasteiger partial charge >= 0.3 is 0 Å². The van der Waals surface area contributed by atoms with Crippen LogP contribution in [0.3, 0.4) is 0 Å². The Morgan fingerprint density at radius 1 is 1.15 bits per heavy atom. The minimum Gasteiger partial charge on any atom is -0.359 e. The first kappa shape index (κ1) is 23.0. The summed E-state index contributed by atoms with van der Waals surface area (Å²) in [5.41, 5.74) is 6.53. The van der Waals surface area contributed by atoms with E-state index in [-0.39, 0.29) is 11.2 Å². The van der Waals surface area contributed by atoms with Crippen molar-refractivity contribution >= 4 is 0 Å². The second kappa shape index (κ2) is 8.05. The Hall–Kier alpha value is -1.41. The zero-order valence-corrected chi connectivity index (χ0v) is 22.2. The van der Waals surface area contributed by atoms with Crippen LogP contribution in [-0.4, -0.2) is 16.2 Å². The van der Waals surface area contributed by atoms with Gasteiger partial charge in [-0.15, -0.1) is 0 Å². The number of aryl methyl sites for hydroxylation is 2.